The van der Waals surface area contributed by atoms with E-state index < -0.39 is 10.0 Å². The Kier molecular flexibility index (Phi) is 4.41. The second-order valence-electron chi connectivity index (χ2n) is 3.92. The molecule has 18 heavy (non-hydrogen) atoms. The molecule has 0 aliphatic carbocycles. The first-order chi connectivity index (χ1) is 8.50. The van der Waals surface area contributed by atoms with Gasteiger partial charge in [0.1, 0.15) is 4.88 Å². The Hall–Kier alpha value is -0.440. The van der Waals surface area contributed by atoms with Crippen LogP contribution < -0.4 is 5.32 Å². The van der Waals surface area contributed by atoms with E-state index in [1.165, 1.54) is 15.6 Å². The molecule has 1 fully saturated rings. The summed E-state index contributed by atoms with van der Waals surface area (Å²) in [5, 5.41) is 4.55. The molecule has 100 valence electrons. The van der Waals surface area contributed by atoms with E-state index in [0.717, 1.165) is 4.47 Å². The van der Waals surface area contributed by atoms with Crippen molar-refractivity contribution in [3.63, 3.8) is 0 Å². The zero-order chi connectivity index (χ0) is 13.2. The lowest BCUT2D eigenvalue weighted by molar-refractivity contribution is 0.0955. The minimum atomic E-state index is -3.07. The first-order valence-electron chi connectivity index (χ1n) is 5.50. The van der Waals surface area contributed by atoms with Crippen LogP contribution in [0.4, 0.5) is 0 Å². The van der Waals surface area contributed by atoms with Crippen molar-refractivity contribution in [1.29, 1.82) is 0 Å². The molecule has 0 bridgehead atoms. The van der Waals surface area contributed by atoms with Crippen LogP contribution in [0.25, 0.3) is 0 Å². The number of carbonyl (C=O) groups is 1. The monoisotopic (exact) mass is 352 g/mol. The molecular weight excluding hydrogens is 340 g/mol. The molecule has 1 aliphatic heterocycles. The van der Waals surface area contributed by atoms with Gasteiger partial charge in [-0.15, -0.1) is 11.3 Å². The van der Waals surface area contributed by atoms with E-state index in [9.17, 15) is 13.2 Å². The summed E-state index contributed by atoms with van der Waals surface area (Å²) in [7, 11) is -3.07. The van der Waals surface area contributed by atoms with Crippen LogP contribution in [0, 0.1) is 0 Å². The number of nitrogens with one attached hydrogen (secondary N) is 1. The number of thiophene rings is 1. The molecule has 8 heteroatoms. The maximum atomic E-state index is 11.8. The van der Waals surface area contributed by atoms with E-state index in [1.807, 2.05) is 11.4 Å². The van der Waals surface area contributed by atoms with Crippen LogP contribution >= 0.6 is 27.3 Å². The predicted octanol–water partition coefficient (Wildman–Crippen LogP) is 1.28. The highest BCUT2D eigenvalue weighted by atomic mass is 79.9. The second kappa shape index (κ2) is 5.68. The van der Waals surface area contributed by atoms with Crippen LogP contribution in [0.3, 0.4) is 0 Å². The molecule has 1 amide bonds. The molecule has 0 radical (unpaired) electrons. The number of carbonyl (C=O) groups excluding carboxylic acids is 1. The maximum Gasteiger partial charge on any atom is 0.262 e. The van der Waals surface area contributed by atoms with Crippen LogP contribution in [-0.4, -0.2) is 44.0 Å². The zero-order valence-electron chi connectivity index (χ0n) is 9.56. The van der Waals surface area contributed by atoms with Gasteiger partial charge in [0.2, 0.25) is 10.0 Å². The molecule has 0 aromatic carbocycles. The summed E-state index contributed by atoms with van der Waals surface area (Å²) in [6, 6.07) is 1.81. The van der Waals surface area contributed by atoms with Crippen LogP contribution in [0.5, 0.6) is 0 Å². The Morgan fingerprint density at radius 3 is 2.89 bits per heavy atom. The number of hydrogen-bond acceptors (Lipinski definition) is 4. The Morgan fingerprint density at radius 1 is 1.56 bits per heavy atom. The summed E-state index contributed by atoms with van der Waals surface area (Å²) in [4.78, 5) is 12.4. The largest absolute Gasteiger partial charge is 0.350 e. The van der Waals surface area contributed by atoms with Crippen molar-refractivity contribution in [3.8, 4) is 0 Å². The van der Waals surface area contributed by atoms with E-state index in [0.29, 0.717) is 30.9 Å². The van der Waals surface area contributed by atoms with Gasteiger partial charge in [-0.2, -0.15) is 0 Å². The van der Waals surface area contributed by atoms with Gasteiger partial charge in [0.25, 0.3) is 5.91 Å². The fraction of sp³-hybridized carbons (Fsp3) is 0.500. The Bertz CT molecular complexity index is 541. The summed E-state index contributed by atoms with van der Waals surface area (Å²) in [6.07, 6.45) is 0.673. The third kappa shape index (κ3) is 3.11. The highest BCUT2D eigenvalue weighted by Gasteiger charge is 2.27. The van der Waals surface area contributed by atoms with E-state index in [2.05, 4.69) is 21.2 Å². The Balaban J connectivity index is 1.83. The molecule has 1 N–H and O–H groups in total. The lowest BCUT2D eigenvalue weighted by Gasteiger charge is -2.14. The molecule has 2 rings (SSSR count). The van der Waals surface area contributed by atoms with Crippen molar-refractivity contribution in [2.75, 3.05) is 25.4 Å². The molecule has 0 saturated carbocycles. The number of sulfonamides is 1. The third-order valence-corrected chi connectivity index (χ3v) is 6.47. The highest BCUT2D eigenvalue weighted by molar-refractivity contribution is 9.10. The summed E-state index contributed by atoms with van der Waals surface area (Å²) in [6.45, 7) is 1.24. The van der Waals surface area contributed by atoms with Gasteiger partial charge in [-0.05, 0) is 33.8 Å². The van der Waals surface area contributed by atoms with Crippen LogP contribution in [-0.2, 0) is 10.0 Å². The van der Waals surface area contributed by atoms with E-state index in [-0.39, 0.29) is 11.7 Å². The van der Waals surface area contributed by atoms with Crippen molar-refractivity contribution in [2.45, 2.75) is 6.42 Å². The van der Waals surface area contributed by atoms with Gasteiger partial charge in [0.15, 0.2) is 0 Å². The molecule has 0 unspecified atom stereocenters. The molecule has 2 heterocycles. The van der Waals surface area contributed by atoms with Gasteiger partial charge in [-0.3, -0.25) is 4.79 Å². The van der Waals surface area contributed by atoms with Crippen molar-refractivity contribution in [1.82, 2.24) is 9.62 Å². The first-order valence-corrected chi connectivity index (χ1v) is 8.78. The molecule has 1 aromatic heterocycles. The minimum absolute atomic E-state index is 0.173. The number of nitrogens with zero attached hydrogens (tertiary/aromatic N) is 1. The Labute approximate surface area is 118 Å². The van der Waals surface area contributed by atoms with Crippen molar-refractivity contribution >= 4 is 43.2 Å². The predicted molar refractivity (Wildman–Crippen MR) is 74.3 cm³/mol. The molecule has 5 nitrogen and oxygen atoms in total. The number of amides is 1. The molecular formula is C10H13BrN2O3S2. The van der Waals surface area contributed by atoms with Gasteiger partial charge in [0, 0.05) is 24.1 Å². The van der Waals surface area contributed by atoms with E-state index in [1.54, 1.807) is 0 Å². The van der Waals surface area contributed by atoms with Gasteiger partial charge in [-0.25, -0.2) is 12.7 Å². The van der Waals surface area contributed by atoms with Crippen LogP contribution in [0.1, 0.15) is 16.1 Å². The minimum Gasteiger partial charge on any atom is -0.350 e. The molecule has 0 atom stereocenters. The van der Waals surface area contributed by atoms with Crippen molar-refractivity contribution < 1.29 is 13.2 Å². The second-order valence-corrected chi connectivity index (χ2v) is 7.78. The first kappa shape index (κ1) is 14.0. The number of hydrogen-bond donors (Lipinski definition) is 1. The van der Waals surface area contributed by atoms with Crippen molar-refractivity contribution in [2.24, 2.45) is 0 Å². The lowest BCUT2D eigenvalue weighted by atomic mass is 10.4. The van der Waals surface area contributed by atoms with Gasteiger partial charge >= 0.3 is 0 Å². The number of rotatable bonds is 4. The summed E-state index contributed by atoms with van der Waals surface area (Å²) < 4.78 is 25.2. The molecule has 1 aromatic rings. The highest BCUT2D eigenvalue weighted by Crippen LogP contribution is 2.22. The fourth-order valence-electron chi connectivity index (χ4n) is 1.77. The average molecular weight is 353 g/mol. The van der Waals surface area contributed by atoms with Crippen LogP contribution in [0.2, 0.25) is 0 Å². The standard InChI is InChI=1S/C10H13BrN2O3S2/c11-8-2-6-17-9(8)10(14)12-3-5-13-4-1-7-18(13,15)16/h2,6H,1,3-5,7H2,(H,12,14). The van der Waals surface area contributed by atoms with Crippen molar-refractivity contribution in [3.05, 3.63) is 20.8 Å². The lowest BCUT2D eigenvalue weighted by Crippen LogP contribution is -2.35. The summed E-state index contributed by atoms with van der Waals surface area (Å²) in [5.41, 5.74) is 0. The summed E-state index contributed by atoms with van der Waals surface area (Å²) in [5.74, 6) is 0.0469. The number of halogens is 1. The van der Waals surface area contributed by atoms with Gasteiger partial charge in [-0.1, -0.05) is 0 Å². The maximum absolute atomic E-state index is 11.8. The van der Waals surface area contributed by atoms with E-state index >= 15 is 0 Å². The fourth-order valence-corrected chi connectivity index (χ4v) is 4.77. The molecule has 1 saturated heterocycles. The molecule has 0 spiro atoms. The normalized spacial score (nSPS) is 18.9. The summed E-state index contributed by atoms with van der Waals surface area (Å²) >= 11 is 4.64. The zero-order valence-corrected chi connectivity index (χ0v) is 12.8. The smallest absolute Gasteiger partial charge is 0.262 e. The van der Waals surface area contributed by atoms with E-state index in [4.69, 9.17) is 0 Å². The molecule has 1 aliphatic rings. The van der Waals surface area contributed by atoms with Gasteiger partial charge < -0.3 is 5.32 Å². The third-order valence-electron chi connectivity index (χ3n) is 2.67. The quantitative estimate of drug-likeness (QED) is 0.887. The SMILES string of the molecule is O=C(NCCN1CCCS1(=O)=O)c1sccc1Br. The van der Waals surface area contributed by atoms with Gasteiger partial charge in [0.05, 0.1) is 5.75 Å². The Morgan fingerprint density at radius 2 is 2.33 bits per heavy atom. The average Bonchev–Trinajstić information content (AvgIpc) is 2.85. The van der Waals surface area contributed by atoms with Crippen LogP contribution in [0.15, 0.2) is 15.9 Å². The topological polar surface area (TPSA) is 66.5 Å².